The fourth-order valence-corrected chi connectivity index (χ4v) is 3.99. The second kappa shape index (κ2) is 7.01. The Kier molecular flexibility index (Phi) is 5.04. The molecule has 0 N–H and O–H groups in total. The van der Waals surface area contributed by atoms with Crippen LogP contribution >= 0.6 is 0 Å². The van der Waals surface area contributed by atoms with Crippen molar-refractivity contribution >= 4 is 0 Å². The van der Waals surface area contributed by atoms with Gasteiger partial charge in [-0.15, -0.1) is 0 Å². The average molecular weight is 302 g/mol. The molecule has 3 rings (SSSR count). The Bertz CT molecular complexity index is 508. The van der Waals surface area contributed by atoms with Crippen molar-refractivity contribution in [2.24, 2.45) is 0 Å². The Morgan fingerprint density at radius 3 is 2.59 bits per heavy atom. The van der Waals surface area contributed by atoms with Gasteiger partial charge >= 0.3 is 0 Å². The molecule has 0 amide bonds. The van der Waals surface area contributed by atoms with Crippen LogP contribution in [0.4, 0.5) is 0 Å². The van der Waals surface area contributed by atoms with Gasteiger partial charge in [-0.2, -0.15) is 0 Å². The zero-order valence-corrected chi connectivity index (χ0v) is 14.4. The second-order valence-electron chi connectivity index (χ2n) is 6.95. The highest BCUT2D eigenvalue weighted by Crippen LogP contribution is 2.31. The highest BCUT2D eigenvalue weighted by atomic mass is 16.5. The molecule has 2 heterocycles. The van der Waals surface area contributed by atoms with Crippen LogP contribution in [0.25, 0.3) is 0 Å². The maximum Gasteiger partial charge on any atom is 0.123 e. The summed E-state index contributed by atoms with van der Waals surface area (Å²) in [6.07, 6.45) is 6.48. The number of rotatable bonds is 4. The summed E-state index contributed by atoms with van der Waals surface area (Å²) in [5, 5.41) is 0. The Labute approximate surface area is 135 Å². The second-order valence-corrected chi connectivity index (χ2v) is 6.95. The lowest BCUT2D eigenvalue weighted by molar-refractivity contribution is 0.207. The standard InChI is InChI=1S/C19H30N2O/c1-4-18-11-15-10-17(14-21-8-6-5-7-9-21)19(22-3)12-16(15)13-20(18)2/h10,12,18H,4-9,11,13-14H2,1-3H3. The minimum absolute atomic E-state index is 0.684. The van der Waals surface area contributed by atoms with E-state index in [1.54, 1.807) is 0 Å². The molecule has 0 radical (unpaired) electrons. The first kappa shape index (κ1) is 15.8. The van der Waals surface area contributed by atoms with Crippen LogP contribution < -0.4 is 4.74 Å². The summed E-state index contributed by atoms with van der Waals surface area (Å²) >= 11 is 0. The van der Waals surface area contributed by atoms with Crippen LogP contribution in [-0.2, 0) is 19.5 Å². The number of ether oxygens (including phenoxy) is 1. The van der Waals surface area contributed by atoms with Crippen molar-refractivity contribution in [3.63, 3.8) is 0 Å². The van der Waals surface area contributed by atoms with Crippen LogP contribution in [0.5, 0.6) is 5.75 Å². The van der Waals surface area contributed by atoms with Gasteiger partial charge in [0.2, 0.25) is 0 Å². The maximum atomic E-state index is 5.70. The first-order valence-corrected chi connectivity index (χ1v) is 8.82. The van der Waals surface area contributed by atoms with Crippen LogP contribution in [0.3, 0.4) is 0 Å². The van der Waals surface area contributed by atoms with Crippen molar-refractivity contribution in [2.45, 2.75) is 58.2 Å². The summed E-state index contributed by atoms with van der Waals surface area (Å²) in [4.78, 5) is 5.06. The van der Waals surface area contributed by atoms with E-state index in [4.69, 9.17) is 4.74 Å². The van der Waals surface area contributed by atoms with E-state index in [1.165, 1.54) is 61.9 Å². The molecule has 0 spiro atoms. The molecule has 1 saturated heterocycles. The molecule has 3 nitrogen and oxygen atoms in total. The molecule has 1 atom stereocenters. The van der Waals surface area contributed by atoms with Gasteiger partial charge in [-0.25, -0.2) is 0 Å². The third-order valence-corrected chi connectivity index (χ3v) is 5.42. The fourth-order valence-electron chi connectivity index (χ4n) is 3.99. The SMILES string of the molecule is CCC1Cc2cc(CN3CCCCC3)c(OC)cc2CN1C. The molecular formula is C19H30N2O. The zero-order valence-electron chi connectivity index (χ0n) is 14.4. The van der Waals surface area contributed by atoms with Crippen molar-refractivity contribution < 1.29 is 4.74 Å². The van der Waals surface area contributed by atoms with Crippen LogP contribution in [0.1, 0.15) is 49.3 Å². The molecule has 1 unspecified atom stereocenters. The average Bonchev–Trinajstić information content (AvgIpc) is 2.55. The summed E-state index contributed by atoms with van der Waals surface area (Å²) in [5.41, 5.74) is 4.37. The topological polar surface area (TPSA) is 15.7 Å². The molecule has 1 aromatic rings. The molecule has 0 aliphatic carbocycles. The monoisotopic (exact) mass is 302 g/mol. The van der Waals surface area contributed by atoms with E-state index in [9.17, 15) is 0 Å². The number of fused-ring (bicyclic) bond motifs is 1. The van der Waals surface area contributed by atoms with Gasteiger partial charge in [-0.1, -0.05) is 19.4 Å². The number of methoxy groups -OCH3 is 1. The molecule has 0 saturated carbocycles. The van der Waals surface area contributed by atoms with E-state index in [0.29, 0.717) is 6.04 Å². The van der Waals surface area contributed by atoms with E-state index in [2.05, 4.69) is 35.9 Å². The van der Waals surface area contributed by atoms with E-state index in [0.717, 1.165) is 18.8 Å². The van der Waals surface area contributed by atoms with E-state index in [-0.39, 0.29) is 0 Å². The Balaban J connectivity index is 1.83. The van der Waals surface area contributed by atoms with Crippen molar-refractivity contribution in [3.8, 4) is 5.75 Å². The van der Waals surface area contributed by atoms with Crippen LogP contribution in [-0.4, -0.2) is 43.1 Å². The molecular weight excluding hydrogens is 272 g/mol. The van der Waals surface area contributed by atoms with Crippen molar-refractivity contribution in [3.05, 3.63) is 28.8 Å². The minimum atomic E-state index is 0.684. The molecule has 1 aromatic carbocycles. The van der Waals surface area contributed by atoms with Gasteiger partial charge in [0, 0.05) is 24.7 Å². The number of likely N-dealkylation sites (tertiary alicyclic amines) is 1. The van der Waals surface area contributed by atoms with Crippen molar-refractivity contribution in [1.29, 1.82) is 0 Å². The van der Waals surface area contributed by atoms with Crippen LogP contribution in [0.2, 0.25) is 0 Å². The molecule has 3 heteroatoms. The molecule has 0 aromatic heterocycles. The number of piperidine rings is 1. The van der Waals surface area contributed by atoms with Gasteiger partial charge in [0.15, 0.2) is 0 Å². The van der Waals surface area contributed by atoms with E-state index >= 15 is 0 Å². The van der Waals surface area contributed by atoms with Gasteiger partial charge in [-0.3, -0.25) is 9.80 Å². The molecule has 2 aliphatic rings. The van der Waals surface area contributed by atoms with Gasteiger partial charge < -0.3 is 4.74 Å². The van der Waals surface area contributed by atoms with Gasteiger partial charge in [0.1, 0.15) is 5.75 Å². The van der Waals surface area contributed by atoms with Crippen LogP contribution in [0.15, 0.2) is 12.1 Å². The normalized spacial score (nSPS) is 23.3. The third-order valence-electron chi connectivity index (χ3n) is 5.42. The lowest BCUT2D eigenvalue weighted by atomic mass is 9.91. The lowest BCUT2D eigenvalue weighted by Gasteiger charge is -2.34. The number of hydrogen-bond acceptors (Lipinski definition) is 3. The van der Waals surface area contributed by atoms with E-state index in [1.807, 2.05) is 7.11 Å². The fraction of sp³-hybridized carbons (Fsp3) is 0.684. The summed E-state index contributed by atoms with van der Waals surface area (Å²) in [5.74, 6) is 1.08. The number of hydrogen-bond donors (Lipinski definition) is 0. The third kappa shape index (κ3) is 3.31. The highest BCUT2D eigenvalue weighted by molar-refractivity contribution is 5.44. The first-order valence-electron chi connectivity index (χ1n) is 8.82. The molecule has 2 aliphatic heterocycles. The Morgan fingerprint density at radius 1 is 1.14 bits per heavy atom. The zero-order chi connectivity index (χ0) is 15.5. The lowest BCUT2D eigenvalue weighted by Crippen LogP contribution is -2.37. The van der Waals surface area contributed by atoms with Crippen LogP contribution in [0, 0.1) is 0 Å². The summed E-state index contributed by atoms with van der Waals surface area (Å²) < 4.78 is 5.70. The largest absolute Gasteiger partial charge is 0.496 e. The van der Waals surface area contributed by atoms with Crippen molar-refractivity contribution in [2.75, 3.05) is 27.2 Å². The molecule has 122 valence electrons. The van der Waals surface area contributed by atoms with Gasteiger partial charge in [-0.05, 0) is 63.0 Å². The van der Waals surface area contributed by atoms with E-state index < -0.39 is 0 Å². The summed E-state index contributed by atoms with van der Waals surface area (Å²) in [7, 11) is 4.05. The predicted molar refractivity (Wildman–Crippen MR) is 91.4 cm³/mol. The number of likely N-dealkylation sites (N-methyl/N-ethyl adjacent to an activating group) is 1. The number of nitrogens with zero attached hydrogens (tertiary/aromatic N) is 2. The first-order chi connectivity index (χ1) is 10.7. The quantitative estimate of drug-likeness (QED) is 0.847. The predicted octanol–water partition coefficient (Wildman–Crippen LogP) is 3.45. The van der Waals surface area contributed by atoms with Gasteiger partial charge in [0.25, 0.3) is 0 Å². The highest BCUT2D eigenvalue weighted by Gasteiger charge is 2.24. The molecule has 0 bridgehead atoms. The Hall–Kier alpha value is -1.06. The van der Waals surface area contributed by atoms with Crippen molar-refractivity contribution in [1.82, 2.24) is 9.80 Å². The number of benzene rings is 1. The maximum absolute atomic E-state index is 5.70. The minimum Gasteiger partial charge on any atom is -0.496 e. The smallest absolute Gasteiger partial charge is 0.123 e. The summed E-state index contributed by atoms with van der Waals surface area (Å²) in [6, 6.07) is 5.40. The molecule has 22 heavy (non-hydrogen) atoms. The summed E-state index contributed by atoms with van der Waals surface area (Å²) in [6.45, 7) is 6.86. The van der Waals surface area contributed by atoms with Gasteiger partial charge in [0.05, 0.1) is 7.11 Å². The molecule has 1 fully saturated rings. The Morgan fingerprint density at radius 2 is 1.91 bits per heavy atom.